The monoisotopic (exact) mass is 533 g/mol. The quantitative estimate of drug-likeness (QED) is 0.249. The van der Waals surface area contributed by atoms with E-state index in [1.165, 1.54) is 0 Å². The second-order valence-electron chi connectivity index (χ2n) is 9.11. The Balaban J connectivity index is 1.08. The van der Waals surface area contributed by atoms with Crippen LogP contribution in [-0.4, -0.2) is 100 Å². The van der Waals surface area contributed by atoms with E-state index in [0.29, 0.717) is 58.5 Å². The van der Waals surface area contributed by atoms with Gasteiger partial charge in [-0.05, 0) is 37.8 Å². The third-order valence-corrected chi connectivity index (χ3v) is 6.44. The molecule has 4 rings (SSSR count). The molecule has 38 heavy (non-hydrogen) atoms. The number of hydrogen-bond acceptors (Lipinski definition) is 10. The average Bonchev–Trinajstić information content (AvgIpc) is 3.17. The topological polar surface area (TPSA) is 142 Å². The van der Waals surface area contributed by atoms with Crippen LogP contribution in [0.25, 0.3) is 0 Å². The van der Waals surface area contributed by atoms with E-state index in [9.17, 15) is 19.2 Å². The van der Waals surface area contributed by atoms with E-state index in [0.717, 1.165) is 30.8 Å². The molecule has 0 spiro atoms. The third-order valence-electron chi connectivity index (χ3n) is 6.44. The summed E-state index contributed by atoms with van der Waals surface area (Å²) in [6, 6.07) is 3.94. The number of rotatable bonds is 15. The molecule has 2 fully saturated rings. The van der Waals surface area contributed by atoms with Gasteiger partial charge in [0.15, 0.2) is 6.29 Å². The van der Waals surface area contributed by atoms with Crippen LogP contribution in [0.1, 0.15) is 52.8 Å². The highest BCUT2D eigenvalue weighted by atomic mass is 16.7. The molecule has 4 amide bonds. The zero-order valence-corrected chi connectivity index (χ0v) is 21.4. The highest BCUT2D eigenvalue weighted by molar-refractivity contribution is 6.25. The number of hydrogen-bond donors (Lipinski definition) is 2. The number of ether oxygens (including phenoxy) is 5. The maximum Gasteiger partial charge on any atom is 0.264 e. The fourth-order valence-electron chi connectivity index (χ4n) is 4.54. The van der Waals surface area contributed by atoms with E-state index >= 15 is 0 Å². The maximum atomic E-state index is 13.1. The van der Waals surface area contributed by atoms with Gasteiger partial charge >= 0.3 is 0 Å². The predicted molar refractivity (Wildman–Crippen MR) is 134 cm³/mol. The molecular formula is C26H35N3O9. The van der Waals surface area contributed by atoms with Crippen LogP contribution in [0.3, 0.4) is 0 Å². The van der Waals surface area contributed by atoms with Crippen molar-refractivity contribution >= 4 is 29.3 Å². The van der Waals surface area contributed by atoms with Gasteiger partial charge in [-0.15, -0.1) is 0 Å². The van der Waals surface area contributed by atoms with E-state index in [4.69, 9.17) is 23.7 Å². The predicted octanol–water partition coefficient (Wildman–Crippen LogP) is 1.09. The van der Waals surface area contributed by atoms with Crippen molar-refractivity contribution in [3.05, 3.63) is 29.3 Å². The zero-order chi connectivity index (χ0) is 26.7. The Bertz CT molecular complexity index is 996. The fraction of sp³-hybridized carbons (Fsp3) is 0.615. The molecule has 2 unspecified atom stereocenters. The van der Waals surface area contributed by atoms with Gasteiger partial charge in [0.25, 0.3) is 11.8 Å². The first-order chi connectivity index (χ1) is 18.6. The summed E-state index contributed by atoms with van der Waals surface area (Å²) >= 11 is 0. The Hall–Kier alpha value is -2.90. The maximum absolute atomic E-state index is 13.1. The molecule has 2 atom stereocenters. The molecule has 3 heterocycles. The number of fused-ring (bicyclic) bond motifs is 1. The van der Waals surface area contributed by atoms with E-state index in [1.54, 1.807) is 18.2 Å². The second kappa shape index (κ2) is 14.3. The molecule has 0 bridgehead atoms. The SMILES string of the molecule is O=C1CCC(N2C(=O)c3cccc(NCCOCCOCCOCCOC4CCCCO4)c3C2=O)C(=O)N1. The van der Waals surface area contributed by atoms with Gasteiger partial charge in [-0.25, -0.2) is 0 Å². The van der Waals surface area contributed by atoms with Crippen molar-refractivity contribution < 1.29 is 42.9 Å². The summed E-state index contributed by atoms with van der Waals surface area (Å²) in [7, 11) is 0. The van der Waals surface area contributed by atoms with Crippen LogP contribution in [0.15, 0.2) is 18.2 Å². The molecule has 12 heteroatoms. The molecule has 3 aliphatic heterocycles. The normalized spacial score (nSPS) is 21.5. The van der Waals surface area contributed by atoms with Crippen LogP contribution in [0.2, 0.25) is 0 Å². The first-order valence-corrected chi connectivity index (χ1v) is 13.1. The van der Waals surface area contributed by atoms with Crippen LogP contribution in [0, 0.1) is 0 Å². The Kier molecular flexibility index (Phi) is 10.6. The number of nitrogens with one attached hydrogen (secondary N) is 2. The minimum atomic E-state index is -0.994. The molecule has 208 valence electrons. The van der Waals surface area contributed by atoms with Crippen LogP contribution >= 0.6 is 0 Å². The van der Waals surface area contributed by atoms with Gasteiger partial charge in [0.2, 0.25) is 11.8 Å². The summed E-state index contributed by atoms with van der Waals surface area (Å²) in [5, 5.41) is 5.33. The van der Waals surface area contributed by atoms with Crippen molar-refractivity contribution in [1.29, 1.82) is 0 Å². The van der Waals surface area contributed by atoms with Crippen molar-refractivity contribution in [2.45, 2.75) is 44.4 Å². The minimum Gasteiger partial charge on any atom is -0.382 e. The number of anilines is 1. The first-order valence-electron chi connectivity index (χ1n) is 13.1. The third kappa shape index (κ3) is 7.35. The Morgan fingerprint density at radius 3 is 2.34 bits per heavy atom. The van der Waals surface area contributed by atoms with Crippen LogP contribution in [0.5, 0.6) is 0 Å². The van der Waals surface area contributed by atoms with E-state index in [1.807, 2.05) is 0 Å². The fourth-order valence-corrected chi connectivity index (χ4v) is 4.54. The highest BCUT2D eigenvalue weighted by Crippen LogP contribution is 2.32. The molecule has 3 aliphatic rings. The lowest BCUT2D eigenvalue weighted by Gasteiger charge is -2.27. The molecule has 12 nitrogen and oxygen atoms in total. The standard InChI is InChI=1S/C26H35N3O9/c30-21-8-7-20(24(31)28-21)29-25(32)18-4-3-5-19(23(18)26(29)33)27-9-11-34-12-13-35-14-15-36-16-17-38-22-6-1-2-10-37-22/h3-5,20,22,27H,1-2,6-17H2,(H,28,30,31). The molecule has 0 aromatic heterocycles. The summed E-state index contributed by atoms with van der Waals surface area (Å²) < 4.78 is 27.6. The van der Waals surface area contributed by atoms with Crippen molar-refractivity contribution in [2.24, 2.45) is 0 Å². The molecule has 0 saturated carbocycles. The molecule has 0 radical (unpaired) electrons. The second-order valence-corrected chi connectivity index (χ2v) is 9.11. The lowest BCUT2D eigenvalue weighted by molar-refractivity contribution is -0.169. The number of carbonyl (C=O) groups is 4. The average molecular weight is 534 g/mol. The number of carbonyl (C=O) groups excluding carboxylic acids is 4. The highest BCUT2D eigenvalue weighted by Gasteiger charge is 2.45. The lowest BCUT2D eigenvalue weighted by Crippen LogP contribution is -2.54. The van der Waals surface area contributed by atoms with E-state index in [-0.39, 0.29) is 30.3 Å². The summed E-state index contributed by atoms with van der Waals surface area (Å²) in [5.74, 6) is -2.12. The van der Waals surface area contributed by atoms with Crippen molar-refractivity contribution in [3.8, 4) is 0 Å². The summed E-state index contributed by atoms with van der Waals surface area (Å²) in [6.07, 6.45) is 3.26. The summed E-state index contributed by atoms with van der Waals surface area (Å²) in [6.45, 7) is 4.27. The minimum absolute atomic E-state index is 0.0776. The van der Waals surface area contributed by atoms with Crippen molar-refractivity contribution in [3.63, 3.8) is 0 Å². The smallest absolute Gasteiger partial charge is 0.264 e. The molecule has 2 N–H and O–H groups in total. The Morgan fingerprint density at radius 2 is 1.63 bits per heavy atom. The molecule has 1 aromatic carbocycles. The van der Waals surface area contributed by atoms with Gasteiger partial charge in [-0.1, -0.05) is 6.07 Å². The molecular weight excluding hydrogens is 498 g/mol. The van der Waals surface area contributed by atoms with Gasteiger partial charge < -0.3 is 29.0 Å². The van der Waals surface area contributed by atoms with Crippen LogP contribution in [-0.2, 0) is 33.3 Å². The van der Waals surface area contributed by atoms with Crippen molar-refractivity contribution in [2.75, 3.05) is 64.7 Å². The van der Waals surface area contributed by atoms with E-state index < -0.39 is 29.7 Å². The number of imide groups is 2. The van der Waals surface area contributed by atoms with Crippen molar-refractivity contribution in [1.82, 2.24) is 10.2 Å². The van der Waals surface area contributed by atoms with Gasteiger partial charge in [-0.2, -0.15) is 0 Å². The van der Waals surface area contributed by atoms with Gasteiger partial charge in [0.05, 0.1) is 57.4 Å². The van der Waals surface area contributed by atoms with E-state index in [2.05, 4.69) is 10.6 Å². The number of benzene rings is 1. The Morgan fingerprint density at radius 1 is 0.895 bits per heavy atom. The van der Waals surface area contributed by atoms with Gasteiger partial charge in [-0.3, -0.25) is 29.4 Å². The number of amides is 4. The molecule has 0 aliphatic carbocycles. The number of piperidine rings is 1. The Labute approximate surface area is 221 Å². The van der Waals surface area contributed by atoms with Gasteiger partial charge in [0, 0.05) is 25.3 Å². The molecule has 1 aromatic rings. The van der Waals surface area contributed by atoms with Gasteiger partial charge in [0.1, 0.15) is 6.04 Å². The zero-order valence-electron chi connectivity index (χ0n) is 21.4. The molecule has 2 saturated heterocycles. The first kappa shape index (κ1) is 28.1. The van der Waals surface area contributed by atoms with Crippen LogP contribution in [0.4, 0.5) is 5.69 Å². The summed E-state index contributed by atoms with van der Waals surface area (Å²) in [5.41, 5.74) is 0.948. The number of nitrogens with zero attached hydrogens (tertiary/aromatic N) is 1. The largest absolute Gasteiger partial charge is 0.382 e. The lowest BCUT2D eigenvalue weighted by atomic mass is 10.0. The summed E-state index contributed by atoms with van der Waals surface area (Å²) in [4.78, 5) is 50.6. The van der Waals surface area contributed by atoms with Crippen LogP contribution < -0.4 is 10.6 Å².